The highest BCUT2D eigenvalue weighted by atomic mass is 16.2. The molecule has 0 saturated heterocycles. The van der Waals surface area contributed by atoms with Crippen LogP contribution in [0.2, 0.25) is 0 Å². The van der Waals surface area contributed by atoms with Crippen LogP contribution in [0.15, 0.2) is 12.4 Å². The maximum Gasteiger partial charge on any atom is 0.274 e. The van der Waals surface area contributed by atoms with Crippen LogP contribution in [0.1, 0.15) is 73.1 Å². The van der Waals surface area contributed by atoms with E-state index < -0.39 is 0 Å². The predicted molar refractivity (Wildman–Crippen MR) is 89.3 cm³/mol. The highest BCUT2D eigenvalue weighted by Crippen LogP contribution is 2.26. The summed E-state index contributed by atoms with van der Waals surface area (Å²) >= 11 is 0. The summed E-state index contributed by atoms with van der Waals surface area (Å²) in [6, 6.07) is 0.409. The van der Waals surface area contributed by atoms with Gasteiger partial charge in [0.2, 0.25) is 0 Å². The molecule has 1 aliphatic carbocycles. The van der Waals surface area contributed by atoms with Crippen molar-refractivity contribution in [1.82, 2.24) is 30.3 Å². The monoisotopic (exact) mass is 331 g/mol. The van der Waals surface area contributed by atoms with Crippen LogP contribution in [0.25, 0.3) is 0 Å². The lowest BCUT2D eigenvalue weighted by molar-refractivity contribution is 0.0928. The minimum Gasteiger partial charge on any atom is -0.344 e. The third-order valence-corrected chi connectivity index (χ3v) is 4.62. The fraction of sp³-hybridized carbons (Fsp3) is 0.625. The first-order valence-electron chi connectivity index (χ1n) is 8.56. The fourth-order valence-electron chi connectivity index (χ4n) is 3.13. The van der Waals surface area contributed by atoms with Gasteiger partial charge in [-0.25, -0.2) is 9.67 Å². The van der Waals surface area contributed by atoms with Crippen molar-refractivity contribution >= 4 is 5.91 Å². The Hall–Kier alpha value is -2.22. The molecular weight excluding hydrogens is 306 g/mol. The van der Waals surface area contributed by atoms with Crippen molar-refractivity contribution in [2.45, 2.75) is 64.1 Å². The van der Waals surface area contributed by atoms with Crippen LogP contribution in [-0.4, -0.2) is 36.9 Å². The van der Waals surface area contributed by atoms with E-state index in [2.05, 4.69) is 25.6 Å². The van der Waals surface area contributed by atoms with Crippen LogP contribution in [0.4, 0.5) is 0 Å². The molecule has 2 heterocycles. The quantitative estimate of drug-likeness (QED) is 0.770. The van der Waals surface area contributed by atoms with Gasteiger partial charge in [-0.2, -0.15) is 0 Å². The lowest BCUT2D eigenvalue weighted by Crippen LogP contribution is -2.29. The number of aromatic nitrogens is 5. The van der Waals surface area contributed by atoms with Crippen molar-refractivity contribution in [2.75, 3.05) is 0 Å². The van der Waals surface area contributed by atoms with Crippen LogP contribution in [0.5, 0.6) is 0 Å². The third-order valence-electron chi connectivity index (χ3n) is 4.62. The van der Waals surface area contributed by atoms with Crippen molar-refractivity contribution in [3.63, 3.8) is 0 Å². The van der Waals surface area contributed by atoms with Crippen molar-refractivity contribution in [2.24, 2.45) is 5.73 Å². The van der Waals surface area contributed by atoms with Crippen LogP contribution >= 0.6 is 0 Å². The number of carbonyl (C=O) groups is 1. The van der Waals surface area contributed by atoms with E-state index in [1.54, 1.807) is 17.1 Å². The summed E-state index contributed by atoms with van der Waals surface area (Å²) in [6.07, 6.45) is 8.17. The normalized spacial score (nSPS) is 22.3. The minimum atomic E-state index is -0.227. The molecule has 1 unspecified atom stereocenters. The van der Waals surface area contributed by atoms with Crippen molar-refractivity contribution in [3.8, 4) is 0 Å². The Morgan fingerprint density at radius 2 is 2.21 bits per heavy atom. The van der Waals surface area contributed by atoms with Gasteiger partial charge in [0.15, 0.2) is 5.69 Å². The second-order valence-corrected chi connectivity index (χ2v) is 6.54. The van der Waals surface area contributed by atoms with Gasteiger partial charge in [-0.1, -0.05) is 12.1 Å². The molecule has 4 N–H and O–H groups in total. The van der Waals surface area contributed by atoms with Gasteiger partial charge in [-0.05, 0) is 39.0 Å². The molecule has 8 nitrogen and oxygen atoms in total. The zero-order chi connectivity index (χ0) is 17.1. The van der Waals surface area contributed by atoms with Crippen molar-refractivity contribution < 1.29 is 4.79 Å². The zero-order valence-corrected chi connectivity index (χ0v) is 14.2. The average molecular weight is 331 g/mol. The molecule has 2 aromatic heterocycles. The summed E-state index contributed by atoms with van der Waals surface area (Å²) in [4.78, 5) is 19.9. The number of nitrogens with one attached hydrogen (secondary N) is 2. The Kier molecular flexibility index (Phi) is 4.94. The summed E-state index contributed by atoms with van der Waals surface area (Å²) in [7, 11) is 0. The lowest BCUT2D eigenvalue weighted by Gasteiger charge is -2.25. The van der Waals surface area contributed by atoms with Gasteiger partial charge in [0.05, 0.1) is 18.3 Å². The van der Waals surface area contributed by atoms with Gasteiger partial charge >= 0.3 is 0 Å². The molecular formula is C16H25N7O. The molecule has 2 aromatic rings. The molecule has 0 spiro atoms. The highest BCUT2D eigenvalue weighted by molar-refractivity contribution is 5.92. The highest BCUT2D eigenvalue weighted by Gasteiger charge is 2.23. The number of nitrogens with zero attached hydrogens (tertiary/aromatic N) is 4. The number of hydrogen-bond donors (Lipinski definition) is 3. The van der Waals surface area contributed by atoms with Gasteiger partial charge in [0.25, 0.3) is 5.91 Å². The number of aryl methyl sites for hydroxylation is 1. The molecule has 3 rings (SSSR count). The molecule has 130 valence electrons. The number of rotatable bonds is 5. The Morgan fingerprint density at radius 3 is 2.83 bits per heavy atom. The molecule has 1 aliphatic rings. The van der Waals surface area contributed by atoms with E-state index in [9.17, 15) is 4.79 Å². The summed E-state index contributed by atoms with van der Waals surface area (Å²) in [5, 5.41) is 11.1. The van der Waals surface area contributed by atoms with E-state index in [4.69, 9.17) is 5.73 Å². The first-order chi connectivity index (χ1) is 11.6. The van der Waals surface area contributed by atoms with E-state index in [0.29, 0.717) is 5.69 Å². The molecule has 8 heteroatoms. The Morgan fingerprint density at radius 1 is 1.46 bits per heavy atom. The predicted octanol–water partition coefficient (Wildman–Crippen LogP) is 1.63. The molecule has 0 aliphatic heterocycles. The second kappa shape index (κ2) is 7.12. The number of imidazole rings is 1. The summed E-state index contributed by atoms with van der Waals surface area (Å²) in [5.41, 5.74) is 7.25. The van der Waals surface area contributed by atoms with Gasteiger partial charge < -0.3 is 16.0 Å². The number of hydrogen-bond acceptors (Lipinski definition) is 5. The molecule has 0 radical (unpaired) electrons. The fourth-order valence-corrected chi connectivity index (χ4v) is 3.13. The first-order valence-corrected chi connectivity index (χ1v) is 8.56. The molecule has 1 amide bonds. The van der Waals surface area contributed by atoms with E-state index >= 15 is 0 Å². The van der Waals surface area contributed by atoms with Gasteiger partial charge in [0, 0.05) is 17.9 Å². The molecule has 1 fully saturated rings. The minimum absolute atomic E-state index is 0.163. The molecule has 1 saturated carbocycles. The van der Waals surface area contributed by atoms with E-state index in [0.717, 1.165) is 43.6 Å². The number of H-pyrrole nitrogens is 1. The first kappa shape index (κ1) is 16.6. The molecule has 0 bridgehead atoms. The van der Waals surface area contributed by atoms with Crippen molar-refractivity contribution in [3.05, 3.63) is 29.6 Å². The summed E-state index contributed by atoms with van der Waals surface area (Å²) in [5.74, 6) is 0.534. The van der Waals surface area contributed by atoms with Crippen LogP contribution < -0.4 is 11.1 Å². The standard InChI is InChI=1S/C16H25N7O/c1-3-13(15-18-8-10(2)19-15)20-16(24)14-9-23(22-21-14)12-6-4-11(17)5-7-12/h8-9,11-13H,3-7,17H2,1-2H3,(H,18,19)(H,20,24). The lowest BCUT2D eigenvalue weighted by atomic mass is 9.92. The second-order valence-electron chi connectivity index (χ2n) is 6.54. The average Bonchev–Trinajstić information content (AvgIpc) is 3.22. The Labute approximate surface area is 141 Å². The van der Waals surface area contributed by atoms with Gasteiger partial charge in [0.1, 0.15) is 5.82 Å². The van der Waals surface area contributed by atoms with Crippen LogP contribution in [0.3, 0.4) is 0 Å². The largest absolute Gasteiger partial charge is 0.344 e. The number of carbonyl (C=O) groups excluding carboxylic acids is 1. The maximum atomic E-state index is 12.5. The molecule has 0 aromatic carbocycles. The Bertz CT molecular complexity index is 684. The van der Waals surface area contributed by atoms with E-state index in [-0.39, 0.29) is 24.0 Å². The molecule has 24 heavy (non-hydrogen) atoms. The van der Waals surface area contributed by atoms with Crippen LogP contribution in [0, 0.1) is 6.92 Å². The number of amides is 1. The smallest absolute Gasteiger partial charge is 0.274 e. The maximum absolute atomic E-state index is 12.5. The topological polar surface area (TPSA) is 115 Å². The van der Waals surface area contributed by atoms with Crippen molar-refractivity contribution in [1.29, 1.82) is 0 Å². The number of aromatic amines is 1. The number of nitrogens with two attached hydrogens (primary N) is 1. The Balaban J connectivity index is 1.65. The zero-order valence-electron chi connectivity index (χ0n) is 14.2. The van der Waals surface area contributed by atoms with E-state index in [1.807, 2.05) is 13.8 Å². The van der Waals surface area contributed by atoms with Gasteiger partial charge in [-0.3, -0.25) is 4.79 Å². The third kappa shape index (κ3) is 3.64. The summed E-state index contributed by atoms with van der Waals surface area (Å²) < 4.78 is 1.80. The van der Waals surface area contributed by atoms with Gasteiger partial charge in [-0.15, -0.1) is 5.10 Å². The van der Waals surface area contributed by atoms with Crippen LogP contribution in [-0.2, 0) is 0 Å². The SMILES string of the molecule is CCC(NC(=O)c1cn(C2CCC(N)CC2)nn1)c1ncc(C)[nH]1. The van der Waals surface area contributed by atoms with E-state index in [1.165, 1.54) is 0 Å². The summed E-state index contributed by atoms with van der Waals surface area (Å²) in [6.45, 7) is 3.94. The molecule has 1 atom stereocenters.